The van der Waals surface area contributed by atoms with E-state index in [4.69, 9.17) is 0 Å². The summed E-state index contributed by atoms with van der Waals surface area (Å²) in [4.78, 5) is 45.5. The lowest BCUT2D eigenvalue weighted by Gasteiger charge is -2.30. The summed E-state index contributed by atoms with van der Waals surface area (Å²) in [6, 6.07) is 14.6. The number of rotatable bonds is 6. The highest BCUT2D eigenvalue weighted by molar-refractivity contribution is 6.36. The van der Waals surface area contributed by atoms with Gasteiger partial charge in [0, 0.05) is 47.7 Å². The number of benzene rings is 3. The van der Waals surface area contributed by atoms with Crippen molar-refractivity contribution in [2.75, 3.05) is 22.9 Å². The Kier molecular flexibility index (Phi) is 5.04. The number of anilines is 2. The second-order valence-corrected chi connectivity index (χ2v) is 8.48. The van der Waals surface area contributed by atoms with E-state index in [1.165, 1.54) is 9.47 Å². The zero-order valence-electron chi connectivity index (χ0n) is 19.0. The molecule has 0 saturated carbocycles. The van der Waals surface area contributed by atoms with Crippen LogP contribution < -0.4 is 15.5 Å². The maximum Gasteiger partial charge on any atom is 0.326 e. The molecule has 1 aliphatic heterocycles. The van der Waals surface area contributed by atoms with Gasteiger partial charge in [-0.05, 0) is 49.2 Å². The third-order valence-electron chi connectivity index (χ3n) is 6.36. The molecule has 0 aliphatic carbocycles. The molecule has 1 aromatic heterocycles. The number of hydrogen-bond acceptors (Lipinski definition) is 4. The minimum absolute atomic E-state index is 0.246. The Morgan fingerprint density at radius 3 is 2.27 bits per heavy atom. The SMILES string of the molecule is CCCN(CCC)c1ccc2c3c(cccc13)C(=O)N(c1ccc3[nH]c(=O)n(C)c3c1)C2=O. The molecule has 168 valence electrons. The van der Waals surface area contributed by atoms with Gasteiger partial charge in [0.1, 0.15) is 0 Å². The Morgan fingerprint density at radius 2 is 1.58 bits per heavy atom. The van der Waals surface area contributed by atoms with Crippen LogP contribution in [0, 0.1) is 0 Å². The number of H-pyrrole nitrogens is 1. The van der Waals surface area contributed by atoms with E-state index >= 15 is 0 Å². The fourth-order valence-corrected chi connectivity index (χ4v) is 4.83. The summed E-state index contributed by atoms with van der Waals surface area (Å²) >= 11 is 0. The minimum Gasteiger partial charge on any atom is -0.371 e. The van der Waals surface area contributed by atoms with Gasteiger partial charge in [-0.15, -0.1) is 0 Å². The van der Waals surface area contributed by atoms with Crippen molar-refractivity contribution in [2.45, 2.75) is 26.7 Å². The molecule has 5 rings (SSSR count). The predicted octanol–water partition coefficient (Wildman–Crippen LogP) is 4.45. The second kappa shape index (κ2) is 7.92. The standard InChI is InChI=1S/C26H26N4O3/c1-4-13-29(14-5-2)21-12-10-19-23-17(21)7-6-8-18(23)24(31)30(25(19)32)16-9-11-20-22(15-16)28(3)26(33)27-20/h6-12,15H,4-5,13-14H2,1-3H3,(H,27,33). The van der Waals surface area contributed by atoms with E-state index in [-0.39, 0.29) is 17.5 Å². The van der Waals surface area contributed by atoms with E-state index in [1.54, 1.807) is 31.3 Å². The number of carbonyl (C=O) groups is 2. The van der Waals surface area contributed by atoms with Crippen LogP contribution in [0.25, 0.3) is 21.8 Å². The van der Waals surface area contributed by atoms with Gasteiger partial charge >= 0.3 is 5.69 Å². The molecule has 0 atom stereocenters. The number of fused-ring (bicyclic) bond motifs is 1. The van der Waals surface area contributed by atoms with Gasteiger partial charge in [-0.25, -0.2) is 9.69 Å². The average Bonchev–Trinajstić information content (AvgIpc) is 3.10. The zero-order valence-corrected chi connectivity index (χ0v) is 19.0. The quantitative estimate of drug-likeness (QED) is 0.448. The first-order chi connectivity index (χ1) is 16.0. The van der Waals surface area contributed by atoms with Crippen LogP contribution in [0.15, 0.2) is 53.3 Å². The number of aryl methyl sites for hydroxylation is 1. The lowest BCUT2D eigenvalue weighted by molar-refractivity contribution is 0.0893. The normalized spacial score (nSPS) is 13.4. The van der Waals surface area contributed by atoms with E-state index in [2.05, 4.69) is 23.7 Å². The van der Waals surface area contributed by atoms with Crippen LogP contribution in [-0.2, 0) is 7.05 Å². The van der Waals surface area contributed by atoms with Crippen LogP contribution in [0.5, 0.6) is 0 Å². The van der Waals surface area contributed by atoms with Gasteiger partial charge in [0.15, 0.2) is 0 Å². The summed E-state index contributed by atoms with van der Waals surface area (Å²) in [5, 5.41) is 1.64. The van der Waals surface area contributed by atoms with Crippen molar-refractivity contribution in [3.63, 3.8) is 0 Å². The van der Waals surface area contributed by atoms with Crippen LogP contribution >= 0.6 is 0 Å². The third-order valence-corrected chi connectivity index (χ3v) is 6.36. The minimum atomic E-state index is -0.354. The molecule has 0 spiro atoms. The van der Waals surface area contributed by atoms with E-state index in [0.29, 0.717) is 33.2 Å². The molecule has 4 aromatic rings. The Bertz CT molecular complexity index is 1450. The molecule has 3 aromatic carbocycles. The highest BCUT2D eigenvalue weighted by Crippen LogP contribution is 2.38. The molecule has 7 nitrogen and oxygen atoms in total. The van der Waals surface area contributed by atoms with Crippen LogP contribution in [0.4, 0.5) is 11.4 Å². The lowest BCUT2D eigenvalue weighted by atomic mass is 9.92. The monoisotopic (exact) mass is 442 g/mol. The summed E-state index contributed by atoms with van der Waals surface area (Å²) < 4.78 is 1.47. The van der Waals surface area contributed by atoms with Gasteiger partial charge in [-0.3, -0.25) is 14.2 Å². The van der Waals surface area contributed by atoms with Crippen molar-refractivity contribution in [1.82, 2.24) is 9.55 Å². The van der Waals surface area contributed by atoms with Crippen molar-refractivity contribution in [1.29, 1.82) is 0 Å². The largest absolute Gasteiger partial charge is 0.371 e. The van der Waals surface area contributed by atoms with Gasteiger partial charge in [0.2, 0.25) is 0 Å². The molecule has 0 unspecified atom stereocenters. The van der Waals surface area contributed by atoms with Crippen LogP contribution in [0.2, 0.25) is 0 Å². The first-order valence-electron chi connectivity index (χ1n) is 11.3. The van der Waals surface area contributed by atoms with E-state index < -0.39 is 0 Å². The van der Waals surface area contributed by atoms with Gasteiger partial charge in [-0.2, -0.15) is 0 Å². The van der Waals surface area contributed by atoms with E-state index in [1.807, 2.05) is 24.3 Å². The molecule has 0 saturated heterocycles. The number of imidazole rings is 1. The molecule has 33 heavy (non-hydrogen) atoms. The summed E-state index contributed by atoms with van der Waals surface area (Å²) in [6.45, 7) is 6.12. The van der Waals surface area contributed by atoms with E-state index in [9.17, 15) is 14.4 Å². The predicted molar refractivity (Wildman–Crippen MR) is 131 cm³/mol. The number of amides is 2. The van der Waals surface area contributed by atoms with Crippen molar-refractivity contribution in [3.8, 4) is 0 Å². The van der Waals surface area contributed by atoms with Gasteiger partial charge in [0.05, 0.1) is 16.7 Å². The molecule has 7 heteroatoms. The zero-order chi connectivity index (χ0) is 23.3. The molecule has 1 N–H and O–H groups in total. The number of hydrogen-bond donors (Lipinski definition) is 1. The molecule has 1 aliphatic rings. The maximum atomic E-state index is 13.6. The first kappa shape index (κ1) is 21.0. The average molecular weight is 443 g/mol. The van der Waals surface area contributed by atoms with Crippen LogP contribution in [-0.4, -0.2) is 34.5 Å². The molecule has 2 heterocycles. The Balaban J connectivity index is 1.67. The first-order valence-corrected chi connectivity index (χ1v) is 11.3. The number of imide groups is 1. The molecular formula is C26H26N4O3. The number of aromatic amines is 1. The van der Waals surface area contributed by atoms with E-state index in [0.717, 1.165) is 37.0 Å². The maximum absolute atomic E-state index is 13.6. The Morgan fingerprint density at radius 1 is 0.879 bits per heavy atom. The van der Waals surface area contributed by atoms with Crippen LogP contribution in [0.3, 0.4) is 0 Å². The molecule has 2 amide bonds. The molecule has 0 bridgehead atoms. The lowest BCUT2D eigenvalue weighted by Crippen LogP contribution is -2.40. The number of aromatic nitrogens is 2. The van der Waals surface area contributed by atoms with Crippen molar-refractivity contribution in [2.24, 2.45) is 7.05 Å². The van der Waals surface area contributed by atoms with Gasteiger partial charge < -0.3 is 9.88 Å². The highest BCUT2D eigenvalue weighted by atomic mass is 16.2. The second-order valence-electron chi connectivity index (χ2n) is 8.48. The van der Waals surface area contributed by atoms with Gasteiger partial charge in [0.25, 0.3) is 11.8 Å². The number of carbonyl (C=O) groups excluding carboxylic acids is 2. The fourth-order valence-electron chi connectivity index (χ4n) is 4.83. The summed E-state index contributed by atoms with van der Waals surface area (Å²) in [5.41, 5.74) is 3.56. The van der Waals surface area contributed by atoms with Crippen molar-refractivity contribution < 1.29 is 9.59 Å². The fraction of sp³-hybridized carbons (Fsp3) is 0.269. The smallest absolute Gasteiger partial charge is 0.326 e. The van der Waals surface area contributed by atoms with Crippen molar-refractivity contribution in [3.05, 3.63) is 70.1 Å². The third kappa shape index (κ3) is 3.15. The van der Waals surface area contributed by atoms with Crippen molar-refractivity contribution >= 4 is 45.0 Å². The Labute approximate surface area is 191 Å². The highest BCUT2D eigenvalue weighted by Gasteiger charge is 2.35. The number of nitrogens with zero attached hydrogens (tertiary/aromatic N) is 3. The summed E-state index contributed by atoms with van der Waals surface area (Å²) in [7, 11) is 1.65. The molecule has 0 radical (unpaired) electrons. The molecular weight excluding hydrogens is 416 g/mol. The summed E-state index contributed by atoms with van der Waals surface area (Å²) in [6.07, 6.45) is 2.03. The van der Waals surface area contributed by atoms with Gasteiger partial charge in [-0.1, -0.05) is 26.0 Å². The molecule has 0 fully saturated rings. The topological polar surface area (TPSA) is 78.4 Å². The Hall–Kier alpha value is -3.87. The van der Waals surface area contributed by atoms with Crippen LogP contribution in [0.1, 0.15) is 47.4 Å². The number of nitrogens with one attached hydrogen (secondary N) is 1. The summed E-state index contributed by atoms with van der Waals surface area (Å²) in [5.74, 6) is -0.708.